The molecule has 0 amide bonds. The van der Waals surface area contributed by atoms with Crippen molar-refractivity contribution >= 4 is 11.8 Å². The number of benzene rings is 1. The van der Waals surface area contributed by atoms with Gasteiger partial charge in [-0.1, -0.05) is 12.1 Å². The van der Waals surface area contributed by atoms with E-state index in [4.69, 9.17) is 9.47 Å². The standard InChI is InChI=1S/C25H32F3N3O3/c1-6-33-23(32)24(4,5)34-22-17(2)13-19(14-18(22)3)16-30-9-11-31(12-10-30)21-8-7-20(15-29-21)25(26,27)28/h7-8,13-15H,6,9-12,16H2,1-5H3. The first kappa shape index (κ1) is 25.8. The molecule has 1 aromatic heterocycles. The van der Waals surface area contributed by atoms with Crippen molar-refractivity contribution in [2.45, 2.75) is 52.9 Å². The van der Waals surface area contributed by atoms with Crippen LogP contribution in [0.1, 0.15) is 43.0 Å². The van der Waals surface area contributed by atoms with Crippen molar-refractivity contribution in [2.75, 3.05) is 37.7 Å². The number of alkyl halides is 3. The smallest absolute Gasteiger partial charge is 0.417 e. The molecule has 34 heavy (non-hydrogen) atoms. The molecule has 0 spiro atoms. The Balaban J connectivity index is 1.60. The summed E-state index contributed by atoms with van der Waals surface area (Å²) >= 11 is 0. The number of halogens is 3. The van der Waals surface area contributed by atoms with Gasteiger partial charge in [-0.2, -0.15) is 13.2 Å². The van der Waals surface area contributed by atoms with Gasteiger partial charge in [0.1, 0.15) is 11.6 Å². The lowest BCUT2D eigenvalue weighted by Crippen LogP contribution is -2.46. The van der Waals surface area contributed by atoms with Crippen LogP contribution < -0.4 is 9.64 Å². The van der Waals surface area contributed by atoms with Crippen LogP contribution in [-0.4, -0.2) is 54.2 Å². The topological polar surface area (TPSA) is 54.9 Å². The second-order valence-corrected chi connectivity index (χ2v) is 9.06. The Hall–Kier alpha value is -2.81. The average Bonchev–Trinajstić information content (AvgIpc) is 2.76. The van der Waals surface area contributed by atoms with Crippen molar-refractivity contribution in [1.29, 1.82) is 0 Å². The number of aryl methyl sites for hydroxylation is 2. The number of piperazine rings is 1. The fourth-order valence-electron chi connectivity index (χ4n) is 4.03. The van der Waals surface area contributed by atoms with Crippen LogP contribution in [0.4, 0.5) is 19.0 Å². The van der Waals surface area contributed by atoms with Gasteiger partial charge in [-0.15, -0.1) is 0 Å². The van der Waals surface area contributed by atoms with Gasteiger partial charge in [0.25, 0.3) is 0 Å². The molecule has 6 nitrogen and oxygen atoms in total. The minimum absolute atomic E-state index is 0.296. The summed E-state index contributed by atoms with van der Waals surface area (Å²) in [6.45, 7) is 13.0. The monoisotopic (exact) mass is 479 g/mol. The van der Waals surface area contributed by atoms with Crippen LogP contribution >= 0.6 is 0 Å². The number of pyridine rings is 1. The predicted molar refractivity (Wildman–Crippen MR) is 124 cm³/mol. The summed E-state index contributed by atoms with van der Waals surface area (Å²) in [6, 6.07) is 6.63. The number of ether oxygens (including phenoxy) is 2. The molecule has 2 aromatic rings. The third kappa shape index (κ3) is 6.20. The molecule has 0 N–H and O–H groups in total. The van der Waals surface area contributed by atoms with Gasteiger partial charge in [0.15, 0.2) is 5.60 Å². The molecule has 2 heterocycles. The Morgan fingerprint density at radius 3 is 2.18 bits per heavy atom. The van der Waals surface area contributed by atoms with E-state index in [1.807, 2.05) is 18.7 Å². The van der Waals surface area contributed by atoms with Gasteiger partial charge in [0, 0.05) is 38.9 Å². The number of carbonyl (C=O) groups is 1. The molecule has 0 radical (unpaired) electrons. The maximum absolute atomic E-state index is 12.8. The lowest BCUT2D eigenvalue weighted by atomic mass is 10.0. The Kier molecular flexibility index (Phi) is 7.75. The highest BCUT2D eigenvalue weighted by molar-refractivity contribution is 5.79. The first-order valence-electron chi connectivity index (χ1n) is 11.4. The number of nitrogens with zero attached hydrogens (tertiary/aromatic N) is 3. The van der Waals surface area contributed by atoms with E-state index in [0.717, 1.165) is 48.6 Å². The van der Waals surface area contributed by atoms with Crippen molar-refractivity contribution in [1.82, 2.24) is 9.88 Å². The van der Waals surface area contributed by atoms with Gasteiger partial charge in [0.2, 0.25) is 0 Å². The predicted octanol–water partition coefficient (Wildman–Crippen LogP) is 4.76. The number of hydrogen-bond acceptors (Lipinski definition) is 6. The molecular weight excluding hydrogens is 447 g/mol. The lowest BCUT2D eigenvalue weighted by molar-refractivity contribution is -0.158. The van der Waals surface area contributed by atoms with Crippen LogP contribution in [0.2, 0.25) is 0 Å². The van der Waals surface area contributed by atoms with E-state index < -0.39 is 23.3 Å². The normalized spacial score (nSPS) is 15.4. The zero-order valence-electron chi connectivity index (χ0n) is 20.3. The van der Waals surface area contributed by atoms with E-state index in [1.54, 1.807) is 20.8 Å². The summed E-state index contributed by atoms with van der Waals surface area (Å²) in [5.74, 6) is 0.836. The van der Waals surface area contributed by atoms with Crippen molar-refractivity contribution in [3.8, 4) is 5.75 Å². The minimum Gasteiger partial charge on any atom is -0.476 e. The van der Waals surface area contributed by atoms with Crippen molar-refractivity contribution in [3.63, 3.8) is 0 Å². The second-order valence-electron chi connectivity index (χ2n) is 9.06. The molecule has 1 saturated heterocycles. The van der Waals surface area contributed by atoms with Gasteiger partial charge in [-0.3, -0.25) is 4.90 Å². The molecule has 1 fully saturated rings. The van der Waals surface area contributed by atoms with E-state index >= 15 is 0 Å². The van der Waals surface area contributed by atoms with E-state index in [9.17, 15) is 18.0 Å². The van der Waals surface area contributed by atoms with Crippen LogP contribution in [0.3, 0.4) is 0 Å². The Morgan fingerprint density at radius 1 is 1.06 bits per heavy atom. The van der Waals surface area contributed by atoms with Crippen LogP contribution in [0.25, 0.3) is 0 Å². The van der Waals surface area contributed by atoms with Crippen molar-refractivity contribution in [2.24, 2.45) is 0 Å². The Labute approximate surface area is 198 Å². The van der Waals surface area contributed by atoms with Gasteiger partial charge in [0.05, 0.1) is 12.2 Å². The third-order valence-corrected chi connectivity index (χ3v) is 5.82. The third-order valence-electron chi connectivity index (χ3n) is 5.82. The Bertz CT molecular complexity index is 976. The molecule has 0 bridgehead atoms. The average molecular weight is 480 g/mol. The SMILES string of the molecule is CCOC(=O)C(C)(C)Oc1c(C)cc(CN2CCN(c3ccc(C(F)(F)F)cn3)CC2)cc1C. The van der Waals surface area contributed by atoms with E-state index in [-0.39, 0.29) is 0 Å². The maximum atomic E-state index is 12.8. The van der Waals surface area contributed by atoms with Crippen LogP contribution in [0.5, 0.6) is 5.75 Å². The molecule has 0 saturated carbocycles. The van der Waals surface area contributed by atoms with Gasteiger partial charge >= 0.3 is 12.1 Å². The molecule has 186 valence electrons. The fraction of sp³-hybridized carbons (Fsp3) is 0.520. The highest BCUT2D eigenvalue weighted by Gasteiger charge is 2.33. The number of carbonyl (C=O) groups excluding carboxylic acids is 1. The minimum atomic E-state index is -4.38. The van der Waals surface area contributed by atoms with E-state index in [1.165, 1.54) is 6.07 Å². The zero-order chi connectivity index (χ0) is 25.1. The summed E-state index contributed by atoms with van der Waals surface area (Å²) in [7, 11) is 0. The molecule has 0 unspecified atom stereocenters. The molecule has 9 heteroatoms. The fourth-order valence-corrected chi connectivity index (χ4v) is 4.03. The lowest BCUT2D eigenvalue weighted by Gasteiger charge is -2.35. The van der Waals surface area contributed by atoms with Crippen molar-refractivity contribution < 1.29 is 27.4 Å². The summed E-state index contributed by atoms with van der Waals surface area (Å²) in [6.07, 6.45) is -3.49. The number of anilines is 1. The van der Waals surface area contributed by atoms with E-state index in [2.05, 4.69) is 22.0 Å². The van der Waals surface area contributed by atoms with Crippen LogP contribution in [0, 0.1) is 13.8 Å². The number of hydrogen-bond donors (Lipinski definition) is 0. The first-order chi connectivity index (χ1) is 15.9. The van der Waals surface area contributed by atoms with E-state index in [0.29, 0.717) is 31.3 Å². The Morgan fingerprint density at radius 2 is 1.68 bits per heavy atom. The first-order valence-corrected chi connectivity index (χ1v) is 11.4. The summed E-state index contributed by atoms with van der Waals surface area (Å²) in [5.41, 5.74) is 1.20. The molecule has 1 aliphatic rings. The number of esters is 1. The molecule has 1 aliphatic heterocycles. The number of rotatable bonds is 7. The molecule has 0 aliphatic carbocycles. The quantitative estimate of drug-likeness (QED) is 0.534. The molecule has 1 aromatic carbocycles. The second kappa shape index (κ2) is 10.2. The summed E-state index contributed by atoms with van der Waals surface area (Å²) in [4.78, 5) is 20.5. The molecule has 0 atom stereocenters. The van der Waals surface area contributed by atoms with Crippen LogP contribution in [0.15, 0.2) is 30.5 Å². The largest absolute Gasteiger partial charge is 0.476 e. The highest BCUT2D eigenvalue weighted by atomic mass is 19.4. The van der Waals surface area contributed by atoms with Gasteiger partial charge in [-0.05, 0) is 63.4 Å². The summed E-state index contributed by atoms with van der Waals surface area (Å²) < 4.78 is 49.4. The zero-order valence-corrected chi connectivity index (χ0v) is 20.3. The molecular formula is C25H32F3N3O3. The molecule has 3 rings (SSSR count). The summed E-state index contributed by atoms with van der Waals surface area (Å²) in [5, 5.41) is 0. The number of aromatic nitrogens is 1. The maximum Gasteiger partial charge on any atom is 0.417 e. The van der Waals surface area contributed by atoms with Gasteiger partial charge < -0.3 is 14.4 Å². The van der Waals surface area contributed by atoms with Gasteiger partial charge in [-0.25, -0.2) is 9.78 Å². The van der Waals surface area contributed by atoms with Crippen molar-refractivity contribution in [3.05, 3.63) is 52.7 Å². The highest BCUT2D eigenvalue weighted by Crippen LogP contribution is 2.31. The van der Waals surface area contributed by atoms with Crippen LogP contribution in [-0.2, 0) is 22.3 Å².